The summed E-state index contributed by atoms with van der Waals surface area (Å²) >= 11 is 18.0. The highest BCUT2D eigenvalue weighted by atomic mass is 35.5. The number of anilines is 2. The van der Waals surface area contributed by atoms with Crippen LogP contribution in [-0.4, -0.2) is 13.0 Å². The molecule has 2 N–H and O–H groups in total. The average Bonchev–Trinajstić information content (AvgIpc) is 2.42. The minimum atomic E-state index is -0.277. The molecule has 2 rings (SSSR count). The molecule has 0 bridgehead atoms. The smallest absolute Gasteiger partial charge is 0.256 e. The molecule has 6 heteroatoms. The van der Waals surface area contributed by atoms with Crippen molar-refractivity contribution in [2.75, 3.05) is 17.7 Å². The third-order valence-corrected chi connectivity index (χ3v) is 3.82. The highest BCUT2D eigenvalue weighted by Crippen LogP contribution is 2.34. The average molecular weight is 344 g/mol. The molecule has 0 spiro atoms. The summed E-state index contributed by atoms with van der Waals surface area (Å²) < 4.78 is 0. The first kappa shape index (κ1) is 16.0. The summed E-state index contributed by atoms with van der Waals surface area (Å²) in [5.41, 5.74) is 2.69. The normalized spacial score (nSPS) is 10.3. The summed E-state index contributed by atoms with van der Waals surface area (Å²) in [4.78, 5) is 12.3. The number of nitrogens with one attached hydrogen (secondary N) is 2. The summed E-state index contributed by atoms with van der Waals surface area (Å²) in [5.74, 6) is -0.277. The predicted octanol–water partition coefficient (Wildman–Crippen LogP) is 5.25. The number of hydrogen-bond acceptors (Lipinski definition) is 2. The van der Waals surface area contributed by atoms with Crippen LogP contribution in [0.25, 0.3) is 0 Å². The summed E-state index contributed by atoms with van der Waals surface area (Å²) in [5, 5.41) is 6.75. The number of halogens is 3. The molecule has 0 saturated carbocycles. The summed E-state index contributed by atoms with van der Waals surface area (Å²) in [6.07, 6.45) is 0. The third kappa shape index (κ3) is 3.62. The zero-order valence-corrected chi connectivity index (χ0v) is 13.7. The van der Waals surface area contributed by atoms with Gasteiger partial charge in [-0.05, 0) is 42.8 Å². The lowest BCUT2D eigenvalue weighted by Gasteiger charge is -2.12. The van der Waals surface area contributed by atoms with Crippen LogP contribution in [0.1, 0.15) is 15.9 Å². The zero-order valence-electron chi connectivity index (χ0n) is 11.4. The van der Waals surface area contributed by atoms with Gasteiger partial charge in [0.05, 0.1) is 15.7 Å². The van der Waals surface area contributed by atoms with Gasteiger partial charge in [-0.25, -0.2) is 0 Å². The Morgan fingerprint density at radius 3 is 2.19 bits per heavy atom. The molecule has 0 aromatic heterocycles. The van der Waals surface area contributed by atoms with Gasteiger partial charge in [-0.15, -0.1) is 0 Å². The maximum Gasteiger partial charge on any atom is 0.256 e. The standard InChI is InChI=1S/C15H13Cl3N2O/c1-8-5-10(19-2)3-4-11(8)15(21)20-14-12(17)6-9(16)7-13(14)18/h3-7,19H,1-2H3,(H,20,21). The Labute approximate surface area is 138 Å². The second-order valence-electron chi connectivity index (χ2n) is 4.48. The Morgan fingerprint density at radius 2 is 1.67 bits per heavy atom. The van der Waals surface area contributed by atoms with Crippen molar-refractivity contribution in [2.45, 2.75) is 6.92 Å². The number of hydrogen-bond donors (Lipinski definition) is 2. The van der Waals surface area contributed by atoms with E-state index < -0.39 is 0 Å². The number of aryl methyl sites for hydroxylation is 1. The molecular formula is C15H13Cl3N2O. The van der Waals surface area contributed by atoms with Crippen molar-refractivity contribution < 1.29 is 4.79 Å². The first-order chi connectivity index (χ1) is 9.92. The highest BCUT2D eigenvalue weighted by Gasteiger charge is 2.14. The first-order valence-corrected chi connectivity index (χ1v) is 7.30. The Morgan fingerprint density at radius 1 is 1.05 bits per heavy atom. The van der Waals surface area contributed by atoms with E-state index in [4.69, 9.17) is 34.8 Å². The number of carbonyl (C=O) groups is 1. The minimum absolute atomic E-state index is 0.277. The van der Waals surface area contributed by atoms with Crippen LogP contribution in [0.3, 0.4) is 0 Å². The fourth-order valence-electron chi connectivity index (χ4n) is 1.92. The number of benzene rings is 2. The quantitative estimate of drug-likeness (QED) is 0.799. The van der Waals surface area contributed by atoms with Gasteiger partial charge < -0.3 is 10.6 Å². The monoisotopic (exact) mass is 342 g/mol. The van der Waals surface area contributed by atoms with Crippen molar-refractivity contribution >= 4 is 52.1 Å². The van der Waals surface area contributed by atoms with Crippen molar-refractivity contribution in [1.29, 1.82) is 0 Å². The molecule has 0 fully saturated rings. The number of carbonyl (C=O) groups excluding carboxylic acids is 1. The Balaban J connectivity index is 2.30. The molecule has 2 aromatic rings. The second-order valence-corrected chi connectivity index (χ2v) is 5.73. The van der Waals surface area contributed by atoms with E-state index in [1.54, 1.807) is 6.07 Å². The van der Waals surface area contributed by atoms with Crippen molar-refractivity contribution in [3.05, 3.63) is 56.5 Å². The molecule has 0 aliphatic carbocycles. The third-order valence-electron chi connectivity index (χ3n) is 3.01. The van der Waals surface area contributed by atoms with Crippen molar-refractivity contribution in [3.8, 4) is 0 Å². The summed E-state index contributed by atoms with van der Waals surface area (Å²) in [7, 11) is 1.82. The van der Waals surface area contributed by atoms with Crippen LogP contribution in [0, 0.1) is 6.92 Å². The van der Waals surface area contributed by atoms with Gasteiger partial charge in [0.1, 0.15) is 0 Å². The molecule has 0 unspecified atom stereocenters. The molecule has 21 heavy (non-hydrogen) atoms. The van der Waals surface area contributed by atoms with E-state index >= 15 is 0 Å². The van der Waals surface area contributed by atoms with Gasteiger partial charge in [-0.1, -0.05) is 34.8 Å². The van der Waals surface area contributed by atoms with Gasteiger partial charge >= 0.3 is 0 Å². The molecule has 0 aliphatic heterocycles. The van der Waals surface area contributed by atoms with E-state index in [9.17, 15) is 4.79 Å². The molecule has 1 amide bonds. The van der Waals surface area contributed by atoms with Crippen molar-refractivity contribution in [2.24, 2.45) is 0 Å². The maximum absolute atomic E-state index is 12.3. The lowest BCUT2D eigenvalue weighted by Crippen LogP contribution is -2.14. The van der Waals surface area contributed by atoms with Crippen LogP contribution in [0.2, 0.25) is 15.1 Å². The fourth-order valence-corrected chi connectivity index (χ4v) is 2.83. The molecule has 110 valence electrons. The predicted molar refractivity (Wildman–Crippen MR) is 90.2 cm³/mol. The van der Waals surface area contributed by atoms with E-state index in [2.05, 4.69) is 10.6 Å². The molecule has 0 saturated heterocycles. The molecule has 2 aromatic carbocycles. The van der Waals surface area contributed by atoms with Crippen LogP contribution < -0.4 is 10.6 Å². The van der Waals surface area contributed by atoms with E-state index in [1.165, 1.54) is 12.1 Å². The number of amides is 1. The number of rotatable bonds is 3. The van der Waals surface area contributed by atoms with Gasteiger partial charge in [0.25, 0.3) is 5.91 Å². The topological polar surface area (TPSA) is 41.1 Å². The zero-order chi connectivity index (χ0) is 15.6. The van der Waals surface area contributed by atoms with E-state index in [1.807, 2.05) is 26.1 Å². The molecule has 0 atom stereocenters. The van der Waals surface area contributed by atoms with Crippen molar-refractivity contribution in [3.63, 3.8) is 0 Å². The van der Waals surface area contributed by atoms with E-state index in [-0.39, 0.29) is 5.91 Å². The van der Waals surface area contributed by atoms with Gasteiger partial charge in [0, 0.05) is 23.3 Å². The van der Waals surface area contributed by atoms with Gasteiger partial charge in [0.15, 0.2) is 0 Å². The maximum atomic E-state index is 12.3. The van der Waals surface area contributed by atoms with E-state index in [0.29, 0.717) is 26.3 Å². The van der Waals surface area contributed by atoms with Gasteiger partial charge in [-0.2, -0.15) is 0 Å². The van der Waals surface area contributed by atoms with Crippen LogP contribution in [0.5, 0.6) is 0 Å². The Hall–Kier alpha value is -1.42. The first-order valence-electron chi connectivity index (χ1n) is 6.16. The molecule has 0 heterocycles. The molecular weight excluding hydrogens is 331 g/mol. The van der Waals surface area contributed by atoms with E-state index in [0.717, 1.165) is 11.3 Å². The molecule has 3 nitrogen and oxygen atoms in total. The molecule has 0 radical (unpaired) electrons. The molecule has 0 aliphatic rings. The van der Waals surface area contributed by atoms with Gasteiger partial charge in [-0.3, -0.25) is 4.79 Å². The van der Waals surface area contributed by atoms with Gasteiger partial charge in [0.2, 0.25) is 0 Å². The fraction of sp³-hybridized carbons (Fsp3) is 0.133. The largest absolute Gasteiger partial charge is 0.388 e. The van der Waals surface area contributed by atoms with Crippen LogP contribution in [0.4, 0.5) is 11.4 Å². The lowest BCUT2D eigenvalue weighted by atomic mass is 10.1. The highest BCUT2D eigenvalue weighted by molar-refractivity contribution is 6.42. The van der Waals surface area contributed by atoms with Crippen LogP contribution in [0.15, 0.2) is 30.3 Å². The van der Waals surface area contributed by atoms with Crippen molar-refractivity contribution in [1.82, 2.24) is 0 Å². The SMILES string of the molecule is CNc1ccc(C(=O)Nc2c(Cl)cc(Cl)cc2Cl)c(C)c1. The lowest BCUT2D eigenvalue weighted by molar-refractivity contribution is 0.102. The van der Waals surface area contributed by atoms with Crippen LogP contribution in [-0.2, 0) is 0 Å². The Kier molecular flexibility index (Phi) is 4.99. The summed E-state index contributed by atoms with van der Waals surface area (Å²) in [6.45, 7) is 1.86. The van der Waals surface area contributed by atoms with Crippen LogP contribution >= 0.6 is 34.8 Å². The minimum Gasteiger partial charge on any atom is -0.388 e. The summed E-state index contributed by atoms with van der Waals surface area (Å²) in [6, 6.07) is 8.52. The Bertz CT molecular complexity index is 678. The second kappa shape index (κ2) is 6.56.